The van der Waals surface area contributed by atoms with Gasteiger partial charge in [0.25, 0.3) is 0 Å². The van der Waals surface area contributed by atoms with Crippen molar-refractivity contribution in [2.75, 3.05) is 31.1 Å². The fourth-order valence-electron chi connectivity index (χ4n) is 3.97. The zero-order chi connectivity index (χ0) is 16.8. The van der Waals surface area contributed by atoms with E-state index in [9.17, 15) is 4.79 Å². The Balaban J connectivity index is 0.00000169. The molecule has 8 heteroatoms. The third kappa shape index (κ3) is 6.25. The molecule has 3 rings (SSSR count). The highest BCUT2D eigenvalue weighted by atomic mass is 35.5. The van der Waals surface area contributed by atoms with Crippen molar-refractivity contribution in [2.24, 2.45) is 11.8 Å². The van der Waals surface area contributed by atoms with Crippen molar-refractivity contribution < 1.29 is 4.79 Å². The Hall–Kier alpha value is -1.11. The van der Waals surface area contributed by atoms with Crippen molar-refractivity contribution in [1.29, 1.82) is 0 Å². The molecular formula is C18H31Cl2N5O. The number of hydrogen-bond donors (Lipinski definition) is 2. The standard InChI is InChI=1S/C18H29N5O.2ClH/c1-14(15-6-9-19-10-7-15)12-18(24)20-13-16-4-3-11-23(16)17-5-2-8-21-22-17;;/h2,5,8,14-16,19H,3-4,6-7,9-13H2,1H3,(H,20,24);2*1H. The molecule has 2 aliphatic rings. The Kier molecular flexibility index (Phi) is 10.2. The van der Waals surface area contributed by atoms with Crippen molar-refractivity contribution in [3.8, 4) is 0 Å². The molecular weight excluding hydrogens is 373 g/mol. The van der Waals surface area contributed by atoms with E-state index in [1.54, 1.807) is 6.20 Å². The summed E-state index contributed by atoms with van der Waals surface area (Å²) >= 11 is 0. The summed E-state index contributed by atoms with van der Waals surface area (Å²) in [7, 11) is 0. The van der Waals surface area contributed by atoms with E-state index in [2.05, 4.69) is 32.7 Å². The lowest BCUT2D eigenvalue weighted by atomic mass is 9.84. The highest BCUT2D eigenvalue weighted by Crippen LogP contribution is 2.25. The minimum atomic E-state index is 0. The summed E-state index contributed by atoms with van der Waals surface area (Å²) in [6.07, 6.45) is 6.96. The minimum Gasteiger partial charge on any atom is -0.354 e. The van der Waals surface area contributed by atoms with Crippen molar-refractivity contribution in [3.05, 3.63) is 18.3 Å². The second-order valence-electron chi connectivity index (χ2n) is 7.14. The molecule has 6 nitrogen and oxygen atoms in total. The van der Waals surface area contributed by atoms with Gasteiger partial charge in [-0.25, -0.2) is 0 Å². The summed E-state index contributed by atoms with van der Waals surface area (Å²) < 4.78 is 0. The lowest BCUT2D eigenvalue weighted by Crippen LogP contribution is -2.41. The molecule has 0 bridgehead atoms. The van der Waals surface area contributed by atoms with E-state index in [0.29, 0.717) is 30.8 Å². The molecule has 0 aromatic carbocycles. The summed E-state index contributed by atoms with van der Waals surface area (Å²) in [4.78, 5) is 14.6. The molecule has 0 aliphatic carbocycles. The number of hydrogen-bond acceptors (Lipinski definition) is 5. The van der Waals surface area contributed by atoms with Crippen LogP contribution in [0.1, 0.15) is 39.0 Å². The maximum atomic E-state index is 12.3. The van der Waals surface area contributed by atoms with Crippen LogP contribution in [0.25, 0.3) is 0 Å². The summed E-state index contributed by atoms with van der Waals surface area (Å²) in [6.45, 7) is 6.09. The van der Waals surface area contributed by atoms with Gasteiger partial charge in [-0.15, -0.1) is 29.9 Å². The van der Waals surface area contributed by atoms with E-state index in [1.165, 1.54) is 12.8 Å². The molecule has 1 amide bonds. The Morgan fingerprint density at radius 3 is 2.81 bits per heavy atom. The second-order valence-corrected chi connectivity index (χ2v) is 7.14. The quantitative estimate of drug-likeness (QED) is 0.762. The van der Waals surface area contributed by atoms with E-state index in [4.69, 9.17) is 0 Å². The van der Waals surface area contributed by atoms with Gasteiger partial charge in [0.2, 0.25) is 5.91 Å². The van der Waals surface area contributed by atoms with Gasteiger partial charge in [-0.3, -0.25) is 4.79 Å². The molecule has 1 aromatic rings. The predicted molar refractivity (Wildman–Crippen MR) is 109 cm³/mol. The third-order valence-electron chi connectivity index (χ3n) is 5.46. The van der Waals surface area contributed by atoms with E-state index >= 15 is 0 Å². The SMILES string of the molecule is CC(CC(=O)NCC1CCCN1c1cccnn1)C1CCNCC1.Cl.Cl. The molecule has 0 spiro atoms. The molecule has 26 heavy (non-hydrogen) atoms. The molecule has 0 radical (unpaired) electrons. The number of halogens is 2. The zero-order valence-electron chi connectivity index (χ0n) is 15.4. The van der Waals surface area contributed by atoms with Crippen molar-refractivity contribution in [2.45, 2.75) is 45.1 Å². The number of aromatic nitrogens is 2. The first-order chi connectivity index (χ1) is 11.7. The molecule has 1 aromatic heterocycles. The van der Waals surface area contributed by atoms with Gasteiger partial charge in [-0.1, -0.05) is 6.92 Å². The molecule has 2 fully saturated rings. The summed E-state index contributed by atoms with van der Waals surface area (Å²) in [5.74, 6) is 2.25. The van der Waals surface area contributed by atoms with Crippen LogP contribution in [-0.2, 0) is 4.79 Å². The number of amides is 1. The van der Waals surface area contributed by atoms with Crippen LogP contribution in [0, 0.1) is 11.8 Å². The Bertz CT molecular complexity index is 528. The highest BCUT2D eigenvalue weighted by molar-refractivity contribution is 5.85. The first-order valence-electron chi connectivity index (χ1n) is 9.26. The molecule has 148 valence electrons. The monoisotopic (exact) mass is 403 g/mol. The largest absolute Gasteiger partial charge is 0.354 e. The smallest absolute Gasteiger partial charge is 0.220 e. The van der Waals surface area contributed by atoms with Gasteiger partial charge in [0.1, 0.15) is 0 Å². The fourth-order valence-corrected chi connectivity index (χ4v) is 3.97. The molecule has 2 unspecified atom stereocenters. The topological polar surface area (TPSA) is 70.2 Å². The van der Waals surface area contributed by atoms with Crippen LogP contribution in [-0.4, -0.2) is 48.3 Å². The van der Waals surface area contributed by atoms with Crippen molar-refractivity contribution >= 4 is 36.5 Å². The van der Waals surface area contributed by atoms with Crippen LogP contribution >= 0.6 is 24.8 Å². The normalized spacial score (nSPS) is 21.4. The summed E-state index contributed by atoms with van der Waals surface area (Å²) in [5.41, 5.74) is 0. The highest BCUT2D eigenvalue weighted by Gasteiger charge is 2.27. The number of rotatable bonds is 6. The number of anilines is 1. The van der Waals surface area contributed by atoms with Crippen LogP contribution in [0.3, 0.4) is 0 Å². The predicted octanol–water partition coefficient (Wildman–Crippen LogP) is 2.43. The Labute approximate surface area is 168 Å². The Morgan fingerprint density at radius 1 is 1.35 bits per heavy atom. The van der Waals surface area contributed by atoms with E-state index < -0.39 is 0 Å². The maximum absolute atomic E-state index is 12.3. The van der Waals surface area contributed by atoms with Gasteiger partial charge >= 0.3 is 0 Å². The summed E-state index contributed by atoms with van der Waals surface area (Å²) in [5, 5.41) is 14.7. The van der Waals surface area contributed by atoms with Gasteiger partial charge in [0, 0.05) is 31.7 Å². The van der Waals surface area contributed by atoms with Crippen LogP contribution in [0.15, 0.2) is 18.3 Å². The first kappa shape index (κ1) is 22.9. The molecule has 2 atom stereocenters. The third-order valence-corrected chi connectivity index (χ3v) is 5.46. The summed E-state index contributed by atoms with van der Waals surface area (Å²) in [6, 6.07) is 4.24. The van der Waals surface area contributed by atoms with Crippen LogP contribution in [0.5, 0.6) is 0 Å². The second kappa shape index (κ2) is 11.6. The number of carbonyl (C=O) groups excluding carboxylic acids is 1. The fraction of sp³-hybridized carbons (Fsp3) is 0.722. The number of piperidine rings is 1. The lowest BCUT2D eigenvalue weighted by Gasteiger charge is -2.28. The zero-order valence-corrected chi connectivity index (χ0v) is 17.0. The van der Waals surface area contributed by atoms with Crippen molar-refractivity contribution in [3.63, 3.8) is 0 Å². The average Bonchev–Trinajstić information content (AvgIpc) is 3.10. The number of nitrogens with zero attached hydrogens (tertiary/aromatic N) is 3. The first-order valence-corrected chi connectivity index (χ1v) is 9.26. The van der Waals surface area contributed by atoms with Gasteiger partial charge < -0.3 is 15.5 Å². The molecule has 2 saturated heterocycles. The van der Waals surface area contributed by atoms with E-state index in [1.807, 2.05) is 12.1 Å². The van der Waals surface area contributed by atoms with Gasteiger partial charge in [-0.05, 0) is 62.7 Å². The number of nitrogens with one attached hydrogen (secondary N) is 2. The molecule has 2 N–H and O–H groups in total. The van der Waals surface area contributed by atoms with Crippen LogP contribution in [0.4, 0.5) is 5.82 Å². The minimum absolute atomic E-state index is 0. The molecule has 2 aliphatic heterocycles. The molecule has 0 saturated carbocycles. The van der Waals surface area contributed by atoms with Gasteiger partial charge in [-0.2, -0.15) is 5.10 Å². The average molecular weight is 404 g/mol. The van der Waals surface area contributed by atoms with Crippen molar-refractivity contribution in [1.82, 2.24) is 20.8 Å². The lowest BCUT2D eigenvalue weighted by molar-refractivity contribution is -0.122. The van der Waals surface area contributed by atoms with E-state index in [-0.39, 0.29) is 30.7 Å². The molecule has 3 heterocycles. The van der Waals surface area contributed by atoms with E-state index in [0.717, 1.165) is 38.3 Å². The van der Waals surface area contributed by atoms with Crippen LogP contribution < -0.4 is 15.5 Å². The number of carbonyl (C=O) groups is 1. The maximum Gasteiger partial charge on any atom is 0.220 e. The Morgan fingerprint density at radius 2 is 2.12 bits per heavy atom. The van der Waals surface area contributed by atoms with Gasteiger partial charge in [0.15, 0.2) is 5.82 Å². The van der Waals surface area contributed by atoms with Gasteiger partial charge in [0.05, 0.1) is 0 Å². The van der Waals surface area contributed by atoms with Crippen LogP contribution in [0.2, 0.25) is 0 Å².